The third-order valence-electron chi connectivity index (χ3n) is 3.33. The van der Waals surface area contributed by atoms with Gasteiger partial charge in [-0.1, -0.05) is 6.92 Å². The van der Waals surface area contributed by atoms with Crippen LogP contribution in [0.5, 0.6) is 0 Å². The molecule has 2 N–H and O–H groups in total. The number of rotatable bonds is 2. The third-order valence-corrected chi connectivity index (χ3v) is 3.33. The fraction of sp³-hybridized carbons (Fsp3) is 0.583. The van der Waals surface area contributed by atoms with Crippen molar-refractivity contribution in [1.82, 2.24) is 19.8 Å². The molecule has 98 valence electrons. The van der Waals surface area contributed by atoms with Gasteiger partial charge in [-0.2, -0.15) is 0 Å². The number of piperazine rings is 1. The summed E-state index contributed by atoms with van der Waals surface area (Å²) in [4.78, 5) is 24.3. The van der Waals surface area contributed by atoms with E-state index in [0.29, 0.717) is 11.7 Å². The monoisotopic (exact) mass is 249 g/mol. The largest absolute Gasteiger partial charge is 0.382 e. The van der Waals surface area contributed by atoms with Crippen molar-refractivity contribution in [2.24, 2.45) is 0 Å². The van der Waals surface area contributed by atoms with Gasteiger partial charge in [0.2, 0.25) is 0 Å². The van der Waals surface area contributed by atoms with Crippen LogP contribution in [-0.4, -0.2) is 57.9 Å². The van der Waals surface area contributed by atoms with E-state index < -0.39 is 0 Å². The molecule has 0 aliphatic carbocycles. The molecular weight excluding hydrogens is 230 g/mol. The molecule has 1 aliphatic heterocycles. The van der Waals surface area contributed by atoms with Gasteiger partial charge in [-0.25, -0.2) is 4.98 Å². The molecule has 0 spiro atoms. The lowest BCUT2D eigenvalue weighted by Gasteiger charge is -2.39. The Morgan fingerprint density at radius 2 is 2.28 bits per heavy atom. The molecule has 1 aromatic rings. The number of nitrogens with two attached hydrogens (primary N) is 1. The topological polar surface area (TPSA) is 75.3 Å². The van der Waals surface area contributed by atoms with Gasteiger partial charge in [0.05, 0.1) is 12.4 Å². The van der Waals surface area contributed by atoms with Crippen LogP contribution in [0.1, 0.15) is 24.3 Å². The number of carbonyl (C=O) groups is 1. The van der Waals surface area contributed by atoms with Gasteiger partial charge in [0.25, 0.3) is 5.91 Å². The molecular formula is C12H19N5O. The Hall–Kier alpha value is -1.69. The van der Waals surface area contributed by atoms with Gasteiger partial charge in [-0.15, -0.1) is 0 Å². The molecule has 2 heterocycles. The number of nitrogen functional groups attached to an aromatic ring is 1. The van der Waals surface area contributed by atoms with E-state index >= 15 is 0 Å². The zero-order valence-corrected chi connectivity index (χ0v) is 10.8. The normalized spacial score (nSPS) is 21.0. The van der Waals surface area contributed by atoms with Crippen LogP contribution in [0, 0.1) is 0 Å². The highest BCUT2D eigenvalue weighted by atomic mass is 16.2. The van der Waals surface area contributed by atoms with Crippen molar-refractivity contribution in [1.29, 1.82) is 0 Å². The molecule has 1 amide bonds. The summed E-state index contributed by atoms with van der Waals surface area (Å²) < 4.78 is 0. The number of carbonyl (C=O) groups excluding carboxylic acids is 1. The van der Waals surface area contributed by atoms with E-state index in [-0.39, 0.29) is 11.7 Å². The lowest BCUT2D eigenvalue weighted by Crippen LogP contribution is -2.53. The van der Waals surface area contributed by atoms with Crippen LogP contribution < -0.4 is 5.73 Å². The van der Waals surface area contributed by atoms with E-state index in [1.165, 1.54) is 12.4 Å². The van der Waals surface area contributed by atoms with Crippen LogP contribution >= 0.6 is 0 Å². The molecule has 0 radical (unpaired) electrons. The van der Waals surface area contributed by atoms with Crippen molar-refractivity contribution < 1.29 is 4.79 Å². The molecule has 2 rings (SSSR count). The SMILES string of the molecule is CCN1CCN(C(=O)c2cncc(N)n2)CC1C. The van der Waals surface area contributed by atoms with E-state index in [9.17, 15) is 4.79 Å². The number of aromatic nitrogens is 2. The first-order valence-corrected chi connectivity index (χ1v) is 6.22. The maximum absolute atomic E-state index is 12.2. The highest BCUT2D eigenvalue weighted by molar-refractivity contribution is 5.92. The maximum atomic E-state index is 12.2. The van der Waals surface area contributed by atoms with Gasteiger partial charge in [-0.3, -0.25) is 14.7 Å². The second-order valence-corrected chi connectivity index (χ2v) is 4.56. The third kappa shape index (κ3) is 2.59. The fourth-order valence-electron chi connectivity index (χ4n) is 2.30. The van der Waals surface area contributed by atoms with Crippen molar-refractivity contribution in [3.8, 4) is 0 Å². The molecule has 1 saturated heterocycles. The van der Waals surface area contributed by atoms with Crippen molar-refractivity contribution in [2.45, 2.75) is 19.9 Å². The lowest BCUT2D eigenvalue weighted by molar-refractivity contribution is 0.0522. The minimum Gasteiger partial charge on any atom is -0.382 e. The molecule has 0 saturated carbocycles. The molecule has 1 aromatic heterocycles. The predicted octanol–water partition coefficient (Wildman–Crippen LogP) is 0.225. The van der Waals surface area contributed by atoms with Crippen LogP contribution in [-0.2, 0) is 0 Å². The highest BCUT2D eigenvalue weighted by Crippen LogP contribution is 2.12. The summed E-state index contributed by atoms with van der Waals surface area (Å²) in [5.74, 6) is 0.193. The van der Waals surface area contributed by atoms with Crippen LogP contribution in [0.25, 0.3) is 0 Å². The Balaban J connectivity index is 2.07. The van der Waals surface area contributed by atoms with E-state index in [2.05, 4.69) is 28.7 Å². The summed E-state index contributed by atoms with van der Waals surface area (Å²) in [5.41, 5.74) is 5.87. The minimum absolute atomic E-state index is 0.0857. The predicted molar refractivity (Wildman–Crippen MR) is 69.1 cm³/mol. The van der Waals surface area contributed by atoms with Crippen LogP contribution in [0.15, 0.2) is 12.4 Å². The molecule has 18 heavy (non-hydrogen) atoms. The zero-order valence-electron chi connectivity index (χ0n) is 10.8. The van der Waals surface area contributed by atoms with Crippen molar-refractivity contribution in [3.63, 3.8) is 0 Å². The quantitative estimate of drug-likeness (QED) is 0.811. The first kappa shape index (κ1) is 12.8. The number of nitrogens with zero attached hydrogens (tertiary/aromatic N) is 4. The van der Waals surface area contributed by atoms with E-state index in [1.807, 2.05) is 4.90 Å². The van der Waals surface area contributed by atoms with Crippen molar-refractivity contribution in [3.05, 3.63) is 18.1 Å². The summed E-state index contributed by atoms with van der Waals surface area (Å²) in [6.07, 6.45) is 2.91. The number of anilines is 1. The molecule has 6 heteroatoms. The first-order chi connectivity index (χ1) is 8.61. The molecule has 1 unspecified atom stereocenters. The molecule has 1 fully saturated rings. The summed E-state index contributed by atoms with van der Waals surface area (Å²) >= 11 is 0. The fourth-order valence-corrected chi connectivity index (χ4v) is 2.30. The Bertz CT molecular complexity index is 436. The Morgan fingerprint density at radius 1 is 1.50 bits per heavy atom. The number of amides is 1. The van der Waals surface area contributed by atoms with Crippen LogP contribution in [0.4, 0.5) is 5.82 Å². The van der Waals surface area contributed by atoms with Gasteiger partial charge in [-0.05, 0) is 13.5 Å². The number of hydrogen-bond donors (Lipinski definition) is 1. The molecule has 1 aliphatic rings. The van der Waals surface area contributed by atoms with E-state index in [1.54, 1.807) is 0 Å². The van der Waals surface area contributed by atoms with E-state index in [0.717, 1.165) is 26.2 Å². The second-order valence-electron chi connectivity index (χ2n) is 4.56. The van der Waals surface area contributed by atoms with Crippen molar-refractivity contribution in [2.75, 3.05) is 31.9 Å². The first-order valence-electron chi connectivity index (χ1n) is 6.22. The summed E-state index contributed by atoms with van der Waals surface area (Å²) in [5, 5.41) is 0. The summed E-state index contributed by atoms with van der Waals surface area (Å²) in [6.45, 7) is 7.64. The van der Waals surface area contributed by atoms with Gasteiger partial charge in [0.1, 0.15) is 11.5 Å². The number of likely N-dealkylation sites (N-methyl/N-ethyl adjacent to an activating group) is 1. The summed E-state index contributed by atoms with van der Waals surface area (Å²) in [6, 6.07) is 0.377. The Labute approximate surface area is 107 Å². The second kappa shape index (κ2) is 5.30. The summed E-state index contributed by atoms with van der Waals surface area (Å²) in [7, 11) is 0. The van der Waals surface area contributed by atoms with Gasteiger partial charge < -0.3 is 10.6 Å². The molecule has 0 aromatic carbocycles. The van der Waals surface area contributed by atoms with Gasteiger partial charge in [0.15, 0.2) is 0 Å². The van der Waals surface area contributed by atoms with Gasteiger partial charge in [0, 0.05) is 25.7 Å². The molecule has 6 nitrogen and oxygen atoms in total. The zero-order chi connectivity index (χ0) is 13.1. The smallest absolute Gasteiger partial charge is 0.274 e. The standard InChI is InChI=1S/C12H19N5O/c1-3-16-4-5-17(8-9(16)2)12(18)10-6-14-7-11(13)15-10/h6-7,9H,3-5,8H2,1-2H3,(H2,13,15). The van der Waals surface area contributed by atoms with Crippen LogP contribution in [0.3, 0.4) is 0 Å². The highest BCUT2D eigenvalue weighted by Gasteiger charge is 2.27. The minimum atomic E-state index is -0.0857. The molecule has 1 atom stereocenters. The van der Waals surface area contributed by atoms with Crippen LogP contribution in [0.2, 0.25) is 0 Å². The average Bonchev–Trinajstić information content (AvgIpc) is 2.37. The van der Waals surface area contributed by atoms with E-state index in [4.69, 9.17) is 5.73 Å². The van der Waals surface area contributed by atoms with Crippen molar-refractivity contribution >= 4 is 11.7 Å². The maximum Gasteiger partial charge on any atom is 0.274 e. The number of hydrogen-bond acceptors (Lipinski definition) is 5. The molecule has 0 bridgehead atoms. The Morgan fingerprint density at radius 3 is 2.89 bits per heavy atom. The lowest BCUT2D eigenvalue weighted by atomic mass is 10.2. The Kier molecular flexibility index (Phi) is 3.76. The van der Waals surface area contributed by atoms with Gasteiger partial charge >= 0.3 is 0 Å². The average molecular weight is 249 g/mol.